The largest absolute Gasteiger partial charge is 0.363 e. The molecule has 2 aromatic carbocycles. The van der Waals surface area contributed by atoms with Gasteiger partial charge in [0.05, 0.1) is 17.2 Å². The van der Waals surface area contributed by atoms with Gasteiger partial charge in [0.25, 0.3) is 0 Å². The highest BCUT2D eigenvalue weighted by Gasteiger charge is 2.29. The average Bonchev–Trinajstić information content (AvgIpc) is 2.68. The lowest BCUT2D eigenvalue weighted by molar-refractivity contribution is -0.203. The number of anilines is 1. The van der Waals surface area contributed by atoms with Crippen LogP contribution in [-0.2, 0) is 11.4 Å². The molecule has 1 atom stereocenters. The van der Waals surface area contributed by atoms with Crippen LogP contribution in [0.25, 0.3) is 0 Å². The minimum Gasteiger partial charge on any atom is -0.363 e. The summed E-state index contributed by atoms with van der Waals surface area (Å²) in [5, 5.41) is 11.4. The Morgan fingerprint density at radius 2 is 2.07 bits per heavy atom. The van der Waals surface area contributed by atoms with Gasteiger partial charge in [0.15, 0.2) is 0 Å². The fraction of sp³-hybridized carbons (Fsp3) is 0.381. The van der Waals surface area contributed by atoms with Crippen molar-refractivity contribution in [2.24, 2.45) is 0 Å². The van der Waals surface area contributed by atoms with E-state index in [4.69, 9.17) is 21.7 Å². The van der Waals surface area contributed by atoms with E-state index in [0.29, 0.717) is 23.7 Å². The van der Waals surface area contributed by atoms with Crippen molar-refractivity contribution in [3.8, 4) is 6.07 Å². The Bertz CT molecular complexity index is 884. The van der Waals surface area contributed by atoms with Crippen LogP contribution in [0.2, 0.25) is 5.02 Å². The van der Waals surface area contributed by atoms with E-state index in [-0.39, 0.29) is 24.2 Å². The summed E-state index contributed by atoms with van der Waals surface area (Å²) in [7, 11) is 0. The zero-order valence-electron chi connectivity index (χ0n) is 15.8. The van der Waals surface area contributed by atoms with Gasteiger partial charge in [0, 0.05) is 36.4 Å². The van der Waals surface area contributed by atoms with Gasteiger partial charge in [0.2, 0.25) is 0 Å². The summed E-state index contributed by atoms with van der Waals surface area (Å²) in [6.45, 7) is 5.42. The second-order valence-corrected chi connectivity index (χ2v) is 7.52. The molecule has 2 aromatic rings. The molecule has 4 nitrogen and oxygen atoms in total. The molecular formula is C21H22ClF2N3O. The zero-order chi connectivity index (χ0) is 20.3. The Morgan fingerprint density at radius 3 is 2.75 bits per heavy atom. The van der Waals surface area contributed by atoms with E-state index in [1.807, 2.05) is 29.9 Å². The van der Waals surface area contributed by atoms with Gasteiger partial charge in [-0.3, -0.25) is 4.84 Å². The molecule has 0 aliphatic carbocycles. The van der Waals surface area contributed by atoms with Gasteiger partial charge in [-0.2, -0.15) is 10.3 Å². The smallest absolute Gasteiger partial charge is 0.128 e. The molecule has 0 radical (unpaired) electrons. The summed E-state index contributed by atoms with van der Waals surface area (Å²) in [6, 6.07) is 10.8. The van der Waals surface area contributed by atoms with Crippen molar-refractivity contribution >= 4 is 17.3 Å². The van der Waals surface area contributed by atoms with Gasteiger partial charge in [-0.1, -0.05) is 11.6 Å². The summed E-state index contributed by atoms with van der Waals surface area (Å²) < 4.78 is 28.0. The third kappa shape index (κ3) is 4.61. The van der Waals surface area contributed by atoms with Crippen molar-refractivity contribution in [3.05, 3.63) is 64.2 Å². The van der Waals surface area contributed by atoms with Crippen molar-refractivity contribution in [2.45, 2.75) is 38.9 Å². The lowest BCUT2D eigenvalue weighted by atomic mass is 10.1. The first-order chi connectivity index (χ1) is 13.4. The lowest BCUT2D eigenvalue weighted by Gasteiger charge is -2.41. The Labute approximate surface area is 168 Å². The third-order valence-electron chi connectivity index (χ3n) is 4.87. The van der Waals surface area contributed by atoms with E-state index < -0.39 is 11.6 Å². The molecule has 0 aromatic heterocycles. The third-order valence-corrected chi connectivity index (χ3v) is 5.18. The quantitative estimate of drug-likeness (QED) is 0.708. The summed E-state index contributed by atoms with van der Waals surface area (Å²) in [5.74, 6) is -0.941. The fourth-order valence-electron chi connectivity index (χ4n) is 3.32. The summed E-state index contributed by atoms with van der Waals surface area (Å²) in [5.41, 5.74) is 1.39. The van der Waals surface area contributed by atoms with Crippen molar-refractivity contribution in [2.75, 3.05) is 18.1 Å². The Morgan fingerprint density at radius 1 is 1.29 bits per heavy atom. The van der Waals surface area contributed by atoms with Crippen LogP contribution in [0, 0.1) is 23.0 Å². The minimum atomic E-state index is -0.481. The molecule has 0 unspecified atom stereocenters. The number of hydroxylamine groups is 2. The van der Waals surface area contributed by atoms with E-state index in [1.165, 1.54) is 6.07 Å². The average molecular weight is 406 g/mol. The fourth-order valence-corrected chi connectivity index (χ4v) is 3.54. The molecule has 1 aliphatic rings. The van der Waals surface area contributed by atoms with Crippen LogP contribution in [0.4, 0.5) is 14.5 Å². The van der Waals surface area contributed by atoms with Gasteiger partial charge >= 0.3 is 0 Å². The topological polar surface area (TPSA) is 39.5 Å². The molecule has 0 amide bonds. The maximum absolute atomic E-state index is 14.3. The van der Waals surface area contributed by atoms with E-state index in [2.05, 4.69) is 0 Å². The standard InChI is InChI=1S/C21H22ClF2N3O/c1-14(2)27-13-19(7-8-28-27)26(12-16-9-17(23)4-6-21(16)24)18-5-3-15(11-25)20(22)10-18/h3-6,9-10,14,19H,7-8,12-13H2,1-2H3/t19-/m0/s1. The number of nitriles is 1. The first kappa shape index (κ1) is 20.5. The summed E-state index contributed by atoms with van der Waals surface area (Å²) in [4.78, 5) is 7.72. The Balaban J connectivity index is 1.97. The Kier molecular flexibility index (Phi) is 6.50. The molecule has 0 saturated carbocycles. The van der Waals surface area contributed by atoms with Crippen LogP contribution >= 0.6 is 11.6 Å². The van der Waals surface area contributed by atoms with Crippen LogP contribution in [0.5, 0.6) is 0 Å². The van der Waals surface area contributed by atoms with E-state index in [0.717, 1.165) is 24.2 Å². The van der Waals surface area contributed by atoms with Crippen LogP contribution in [-0.4, -0.2) is 30.3 Å². The van der Waals surface area contributed by atoms with Crippen molar-refractivity contribution in [1.82, 2.24) is 5.06 Å². The molecule has 0 spiro atoms. The highest BCUT2D eigenvalue weighted by atomic mass is 35.5. The van der Waals surface area contributed by atoms with Gasteiger partial charge < -0.3 is 4.90 Å². The van der Waals surface area contributed by atoms with E-state index in [9.17, 15) is 8.78 Å². The molecule has 1 aliphatic heterocycles. The number of rotatable bonds is 5. The van der Waals surface area contributed by atoms with Crippen molar-refractivity contribution < 1.29 is 13.6 Å². The molecule has 148 valence electrons. The predicted molar refractivity (Wildman–Crippen MR) is 105 cm³/mol. The van der Waals surface area contributed by atoms with Crippen molar-refractivity contribution in [3.63, 3.8) is 0 Å². The molecular weight excluding hydrogens is 384 g/mol. The number of hydrogen-bond acceptors (Lipinski definition) is 4. The van der Waals surface area contributed by atoms with Gasteiger partial charge in [-0.05, 0) is 56.7 Å². The highest BCUT2D eigenvalue weighted by Crippen LogP contribution is 2.29. The molecule has 1 heterocycles. The van der Waals surface area contributed by atoms with E-state index >= 15 is 0 Å². The highest BCUT2D eigenvalue weighted by molar-refractivity contribution is 6.32. The van der Waals surface area contributed by atoms with Crippen molar-refractivity contribution in [1.29, 1.82) is 5.26 Å². The van der Waals surface area contributed by atoms with Crippen LogP contribution in [0.15, 0.2) is 36.4 Å². The summed E-state index contributed by atoms with van der Waals surface area (Å²) >= 11 is 6.23. The van der Waals surface area contributed by atoms with Gasteiger partial charge in [-0.15, -0.1) is 0 Å². The molecule has 0 N–H and O–H groups in total. The predicted octanol–water partition coefficient (Wildman–Crippen LogP) is 4.91. The van der Waals surface area contributed by atoms with E-state index in [1.54, 1.807) is 18.2 Å². The second-order valence-electron chi connectivity index (χ2n) is 7.11. The van der Waals surface area contributed by atoms with Gasteiger partial charge in [0.1, 0.15) is 17.7 Å². The van der Waals surface area contributed by atoms with Crippen LogP contribution in [0.1, 0.15) is 31.4 Å². The molecule has 28 heavy (non-hydrogen) atoms. The monoisotopic (exact) mass is 405 g/mol. The number of hydrogen-bond donors (Lipinski definition) is 0. The lowest BCUT2D eigenvalue weighted by Crippen LogP contribution is -2.50. The first-order valence-corrected chi connectivity index (χ1v) is 9.56. The molecule has 1 saturated heterocycles. The first-order valence-electron chi connectivity index (χ1n) is 9.19. The van der Waals surface area contributed by atoms with Crippen LogP contribution < -0.4 is 4.90 Å². The number of benzene rings is 2. The van der Waals surface area contributed by atoms with Crippen LogP contribution in [0.3, 0.4) is 0 Å². The second kappa shape index (κ2) is 8.87. The maximum Gasteiger partial charge on any atom is 0.128 e. The Hall–Kier alpha value is -2.20. The normalized spacial score (nSPS) is 17.5. The molecule has 3 rings (SSSR count). The maximum atomic E-state index is 14.3. The SMILES string of the molecule is CC(C)N1C[C@@H](N(Cc2cc(F)ccc2F)c2ccc(C#N)c(Cl)c2)CCO1. The van der Waals surface area contributed by atoms with Gasteiger partial charge in [-0.25, -0.2) is 8.78 Å². The number of halogens is 3. The molecule has 0 bridgehead atoms. The number of nitrogens with zero attached hydrogens (tertiary/aromatic N) is 3. The zero-order valence-corrected chi connectivity index (χ0v) is 16.6. The summed E-state index contributed by atoms with van der Waals surface area (Å²) in [6.07, 6.45) is 0.734. The molecule has 1 fully saturated rings. The minimum absolute atomic E-state index is 0.0165. The molecule has 7 heteroatoms.